The largest absolute Gasteiger partial charge is 0.483 e. The number of hydrogen-bond acceptors (Lipinski definition) is 4. The lowest BCUT2D eigenvalue weighted by Crippen LogP contribution is -1.98. The number of nitrogens with two attached hydrogens (primary N) is 3. The first kappa shape index (κ1) is 10.1. The van der Waals surface area contributed by atoms with E-state index in [1.807, 2.05) is 0 Å². The van der Waals surface area contributed by atoms with Crippen LogP contribution in [-0.2, 0) is 4.79 Å². The molecule has 1 rings (SSSR count). The minimum Gasteiger partial charge on any atom is -0.483 e. The fraction of sp³-hybridized carbons (Fsp3) is 0. The van der Waals surface area contributed by atoms with Crippen LogP contribution in [0.2, 0.25) is 0 Å². The van der Waals surface area contributed by atoms with E-state index in [9.17, 15) is 0 Å². The lowest BCUT2D eigenvalue weighted by molar-refractivity contribution is -0.122. The average molecular weight is 169 g/mol. The number of anilines is 3. The minimum atomic E-state index is -0.250. The summed E-state index contributed by atoms with van der Waals surface area (Å²) in [6, 6.07) is 5.19. The molecule has 66 valence electrons. The number of rotatable bonds is 0. The Morgan fingerprint density at radius 3 is 1.75 bits per heavy atom. The molecular weight excluding hydrogens is 158 g/mol. The molecule has 0 atom stereocenters. The third kappa shape index (κ3) is 2.78. The molecule has 0 amide bonds. The summed E-state index contributed by atoms with van der Waals surface area (Å²) in [7, 11) is 0. The summed E-state index contributed by atoms with van der Waals surface area (Å²) in [5.41, 5.74) is 17.8. The first-order valence-corrected chi connectivity index (χ1v) is 3.10. The molecule has 7 N–H and O–H groups in total. The van der Waals surface area contributed by atoms with Gasteiger partial charge in [0, 0.05) is 0 Å². The van der Waals surface area contributed by atoms with E-state index in [0.717, 1.165) is 0 Å². The molecule has 0 aliphatic heterocycles. The SMILES string of the molecule is Nc1cccc(N)c1N.O=CO. The van der Waals surface area contributed by atoms with Crippen LogP contribution in [0.4, 0.5) is 17.1 Å². The number of carbonyl (C=O) groups is 1. The molecule has 1 aromatic carbocycles. The zero-order valence-corrected chi connectivity index (χ0v) is 6.40. The Hall–Kier alpha value is -1.91. The van der Waals surface area contributed by atoms with Gasteiger partial charge in [-0.1, -0.05) is 6.07 Å². The second-order valence-electron chi connectivity index (χ2n) is 1.96. The molecule has 0 spiro atoms. The molecule has 0 radical (unpaired) electrons. The van der Waals surface area contributed by atoms with Crippen LogP contribution in [0.5, 0.6) is 0 Å². The molecule has 0 unspecified atom stereocenters. The smallest absolute Gasteiger partial charge is 0.290 e. The fourth-order valence-electron chi connectivity index (χ4n) is 0.602. The molecule has 1 aromatic rings. The van der Waals surface area contributed by atoms with Crippen LogP contribution in [0.1, 0.15) is 0 Å². The highest BCUT2D eigenvalue weighted by molar-refractivity contribution is 5.76. The minimum absolute atomic E-state index is 0.250. The summed E-state index contributed by atoms with van der Waals surface area (Å²) < 4.78 is 0. The van der Waals surface area contributed by atoms with Crippen LogP contribution in [0.15, 0.2) is 18.2 Å². The first-order chi connectivity index (χ1) is 5.63. The molecule has 0 fully saturated rings. The maximum absolute atomic E-state index is 8.36. The standard InChI is InChI=1S/C6H9N3.CH2O2/c7-4-2-1-3-5(8)6(4)9;2-1-3/h1-3H,7-9H2;1H,(H,2,3). The van der Waals surface area contributed by atoms with Gasteiger partial charge in [0.1, 0.15) is 0 Å². The van der Waals surface area contributed by atoms with Gasteiger partial charge in [-0.05, 0) is 12.1 Å². The lowest BCUT2D eigenvalue weighted by Gasteiger charge is -2.00. The highest BCUT2D eigenvalue weighted by atomic mass is 16.3. The number of benzene rings is 1. The van der Waals surface area contributed by atoms with Crippen molar-refractivity contribution in [3.63, 3.8) is 0 Å². The molecule has 0 bridgehead atoms. The molecule has 0 heterocycles. The Labute approximate surface area is 69.8 Å². The first-order valence-electron chi connectivity index (χ1n) is 3.10. The van der Waals surface area contributed by atoms with Gasteiger partial charge in [0.2, 0.25) is 0 Å². The van der Waals surface area contributed by atoms with Gasteiger partial charge in [0.15, 0.2) is 0 Å². The van der Waals surface area contributed by atoms with Crippen LogP contribution in [0, 0.1) is 0 Å². The molecule has 0 aliphatic rings. The average Bonchev–Trinajstić information content (AvgIpc) is 2.02. The lowest BCUT2D eigenvalue weighted by atomic mass is 10.2. The van der Waals surface area contributed by atoms with Crippen LogP contribution in [0.25, 0.3) is 0 Å². The van der Waals surface area contributed by atoms with Gasteiger partial charge in [0.25, 0.3) is 6.47 Å². The molecule has 12 heavy (non-hydrogen) atoms. The van der Waals surface area contributed by atoms with Crippen LogP contribution in [-0.4, -0.2) is 11.6 Å². The molecule has 0 aliphatic carbocycles. The Morgan fingerprint density at radius 2 is 1.50 bits per heavy atom. The monoisotopic (exact) mass is 169 g/mol. The van der Waals surface area contributed by atoms with E-state index >= 15 is 0 Å². The highest BCUT2D eigenvalue weighted by Crippen LogP contribution is 2.20. The van der Waals surface area contributed by atoms with E-state index in [-0.39, 0.29) is 6.47 Å². The zero-order valence-electron chi connectivity index (χ0n) is 6.40. The maximum Gasteiger partial charge on any atom is 0.290 e. The summed E-state index contributed by atoms with van der Waals surface area (Å²) in [5.74, 6) is 0. The van der Waals surface area contributed by atoms with Gasteiger partial charge in [-0.15, -0.1) is 0 Å². The number of para-hydroxylation sites is 1. The van der Waals surface area contributed by atoms with Gasteiger partial charge in [-0.2, -0.15) is 0 Å². The van der Waals surface area contributed by atoms with Crippen molar-refractivity contribution >= 4 is 23.5 Å². The third-order valence-electron chi connectivity index (χ3n) is 1.17. The van der Waals surface area contributed by atoms with Gasteiger partial charge in [-0.25, -0.2) is 0 Å². The molecule has 0 saturated heterocycles. The zero-order chi connectivity index (χ0) is 9.56. The summed E-state index contributed by atoms with van der Waals surface area (Å²) in [6.45, 7) is -0.250. The Kier molecular flexibility index (Phi) is 4.07. The van der Waals surface area contributed by atoms with Gasteiger partial charge in [-0.3, -0.25) is 4.79 Å². The summed E-state index contributed by atoms with van der Waals surface area (Å²) in [6.07, 6.45) is 0. The predicted molar refractivity (Wildman–Crippen MR) is 48.4 cm³/mol. The van der Waals surface area contributed by atoms with Crippen molar-refractivity contribution in [2.75, 3.05) is 17.2 Å². The Morgan fingerprint density at radius 1 is 1.17 bits per heavy atom. The van der Waals surface area contributed by atoms with E-state index in [2.05, 4.69) is 0 Å². The second-order valence-corrected chi connectivity index (χ2v) is 1.96. The highest BCUT2D eigenvalue weighted by Gasteiger charge is 1.94. The molecular formula is C7H11N3O2. The van der Waals surface area contributed by atoms with E-state index in [4.69, 9.17) is 27.1 Å². The second kappa shape index (κ2) is 4.84. The number of nitrogen functional groups attached to an aromatic ring is 3. The normalized spacial score (nSPS) is 8.00. The number of carboxylic acid groups (broad SMARTS) is 1. The van der Waals surface area contributed by atoms with Crippen molar-refractivity contribution in [2.45, 2.75) is 0 Å². The van der Waals surface area contributed by atoms with Crippen LogP contribution < -0.4 is 17.2 Å². The van der Waals surface area contributed by atoms with Crippen molar-refractivity contribution in [2.24, 2.45) is 0 Å². The molecule has 0 saturated carbocycles. The summed E-state index contributed by atoms with van der Waals surface area (Å²) in [5, 5.41) is 6.89. The maximum atomic E-state index is 8.36. The van der Waals surface area contributed by atoms with E-state index in [0.29, 0.717) is 17.1 Å². The van der Waals surface area contributed by atoms with E-state index in [1.54, 1.807) is 18.2 Å². The van der Waals surface area contributed by atoms with Crippen molar-refractivity contribution in [3.8, 4) is 0 Å². The number of hydrogen-bond donors (Lipinski definition) is 4. The van der Waals surface area contributed by atoms with Crippen molar-refractivity contribution in [1.29, 1.82) is 0 Å². The van der Waals surface area contributed by atoms with Crippen LogP contribution in [0.3, 0.4) is 0 Å². The van der Waals surface area contributed by atoms with Crippen molar-refractivity contribution < 1.29 is 9.90 Å². The van der Waals surface area contributed by atoms with E-state index < -0.39 is 0 Å². The third-order valence-corrected chi connectivity index (χ3v) is 1.17. The van der Waals surface area contributed by atoms with Crippen molar-refractivity contribution in [1.82, 2.24) is 0 Å². The van der Waals surface area contributed by atoms with Crippen molar-refractivity contribution in [3.05, 3.63) is 18.2 Å². The Balaban J connectivity index is 0.000000354. The summed E-state index contributed by atoms with van der Waals surface area (Å²) in [4.78, 5) is 8.36. The van der Waals surface area contributed by atoms with Gasteiger partial charge < -0.3 is 22.3 Å². The van der Waals surface area contributed by atoms with Crippen LogP contribution >= 0.6 is 0 Å². The fourth-order valence-corrected chi connectivity index (χ4v) is 0.602. The van der Waals surface area contributed by atoms with E-state index in [1.165, 1.54) is 0 Å². The predicted octanol–water partition coefficient (Wildman–Crippen LogP) is 0.134. The molecule has 0 aromatic heterocycles. The van der Waals surface area contributed by atoms with Gasteiger partial charge >= 0.3 is 0 Å². The topological polar surface area (TPSA) is 115 Å². The quantitative estimate of drug-likeness (QED) is 0.325. The molecule has 5 heteroatoms. The van der Waals surface area contributed by atoms with Gasteiger partial charge in [0.05, 0.1) is 17.1 Å². The summed E-state index contributed by atoms with van der Waals surface area (Å²) >= 11 is 0. The molecule has 5 nitrogen and oxygen atoms in total. The Bertz CT molecular complexity index is 243.